The van der Waals surface area contributed by atoms with E-state index in [9.17, 15) is 8.78 Å². The van der Waals surface area contributed by atoms with Crippen LogP contribution in [0.2, 0.25) is 0 Å². The molecule has 1 aliphatic rings. The van der Waals surface area contributed by atoms with Crippen molar-refractivity contribution in [3.8, 4) is 6.07 Å². The van der Waals surface area contributed by atoms with Crippen molar-refractivity contribution in [1.29, 1.82) is 5.26 Å². The lowest BCUT2D eigenvalue weighted by Crippen LogP contribution is -2.38. The van der Waals surface area contributed by atoms with Gasteiger partial charge < -0.3 is 0 Å². The molecule has 0 saturated heterocycles. The number of aryl methyl sites for hydroxylation is 1. The van der Waals surface area contributed by atoms with Crippen LogP contribution in [0, 0.1) is 11.3 Å². The Kier molecular flexibility index (Phi) is 9.28. The largest absolute Gasteiger partial charge is 0.297 e. The van der Waals surface area contributed by atoms with Crippen molar-refractivity contribution in [3.05, 3.63) is 71.3 Å². The molecule has 0 aromatic heterocycles. The lowest BCUT2D eigenvalue weighted by Gasteiger charge is -2.34. The molecule has 1 fully saturated rings. The van der Waals surface area contributed by atoms with Crippen molar-refractivity contribution in [2.45, 2.75) is 70.9 Å². The average molecular weight is 399 g/mol. The van der Waals surface area contributed by atoms with Crippen LogP contribution in [0.5, 0.6) is 0 Å². The quantitative estimate of drug-likeness (QED) is 0.527. The normalized spacial score (nSPS) is 20.6. The van der Waals surface area contributed by atoms with E-state index < -0.39 is 12.3 Å². The van der Waals surface area contributed by atoms with Gasteiger partial charge >= 0.3 is 0 Å². The first-order valence-corrected chi connectivity index (χ1v) is 10.4. The molecule has 4 heteroatoms. The van der Waals surface area contributed by atoms with E-state index >= 15 is 0 Å². The molecule has 0 amide bonds. The molecule has 2 nitrogen and oxygen atoms in total. The highest BCUT2D eigenvalue weighted by Gasteiger charge is 2.42. The van der Waals surface area contributed by atoms with Crippen molar-refractivity contribution in [1.82, 2.24) is 4.90 Å². The Morgan fingerprint density at radius 2 is 1.66 bits per heavy atom. The van der Waals surface area contributed by atoms with Crippen molar-refractivity contribution >= 4 is 0 Å². The van der Waals surface area contributed by atoms with Gasteiger partial charge in [-0.2, -0.15) is 5.26 Å². The number of halogens is 2. The van der Waals surface area contributed by atoms with Crippen LogP contribution < -0.4 is 0 Å². The molecule has 1 saturated carbocycles. The van der Waals surface area contributed by atoms with Crippen LogP contribution in [0.25, 0.3) is 0 Å². The van der Waals surface area contributed by atoms with Crippen molar-refractivity contribution in [2.75, 3.05) is 6.54 Å². The molecule has 29 heavy (non-hydrogen) atoms. The van der Waals surface area contributed by atoms with E-state index in [2.05, 4.69) is 61.2 Å². The van der Waals surface area contributed by atoms with E-state index in [-0.39, 0.29) is 5.92 Å². The highest BCUT2D eigenvalue weighted by Crippen LogP contribution is 2.41. The SMILES string of the molecule is CC#N.CC(C)N(CCCc1ccc(C2CC(F)C2F)cc1)Cc1ccccc1. The molecule has 0 bridgehead atoms. The number of nitriles is 1. The van der Waals surface area contributed by atoms with Crippen molar-refractivity contribution < 1.29 is 8.78 Å². The molecule has 0 aliphatic heterocycles. The Labute approximate surface area is 174 Å². The summed E-state index contributed by atoms with van der Waals surface area (Å²) in [5, 5.41) is 7.32. The summed E-state index contributed by atoms with van der Waals surface area (Å²) in [4.78, 5) is 2.49. The van der Waals surface area contributed by atoms with Gasteiger partial charge in [0.25, 0.3) is 0 Å². The maximum atomic E-state index is 13.5. The van der Waals surface area contributed by atoms with Gasteiger partial charge in [0.1, 0.15) is 12.3 Å². The van der Waals surface area contributed by atoms with Gasteiger partial charge in [0.2, 0.25) is 0 Å². The predicted molar refractivity (Wildman–Crippen MR) is 115 cm³/mol. The van der Waals surface area contributed by atoms with Gasteiger partial charge in [0.15, 0.2) is 0 Å². The standard InChI is InChI=1S/C23H29F2N.C2H3N/c1-17(2)26(16-19-7-4-3-5-8-19)14-6-9-18-10-12-20(13-11-18)21-15-22(24)23(21)25;1-2-3/h3-5,7-8,10-13,17,21-23H,6,9,14-16H2,1-2H3;1H3. The number of benzene rings is 2. The van der Waals surface area contributed by atoms with Gasteiger partial charge in [-0.15, -0.1) is 0 Å². The molecule has 1 aliphatic carbocycles. The van der Waals surface area contributed by atoms with Crippen LogP contribution in [-0.4, -0.2) is 29.8 Å². The minimum atomic E-state index is -1.32. The summed E-state index contributed by atoms with van der Waals surface area (Å²) in [7, 11) is 0. The zero-order valence-electron chi connectivity index (χ0n) is 17.7. The van der Waals surface area contributed by atoms with Crippen LogP contribution in [0.3, 0.4) is 0 Å². The number of hydrogen-bond acceptors (Lipinski definition) is 2. The van der Waals surface area contributed by atoms with Crippen LogP contribution in [0.4, 0.5) is 8.78 Å². The number of alkyl halides is 2. The summed E-state index contributed by atoms with van der Waals surface area (Å²) in [6.07, 6.45) is -0.173. The summed E-state index contributed by atoms with van der Waals surface area (Å²) in [5.41, 5.74) is 3.55. The molecule has 2 aromatic rings. The van der Waals surface area contributed by atoms with E-state index in [4.69, 9.17) is 5.26 Å². The molecule has 156 valence electrons. The lowest BCUT2D eigenvalue weighted by molar-refractivity contribution is 0.0428. The van der Waals surface area contributed by atoms with Crippen LogP contribution in [-0.2, 0) is 13.0 Å². The van der Waals surface area contributed by atoms with E-state index in [1.165, 1.54) is 18.1 Å². The molecule has 0 heterocycles. The number of rotatable bonds is 8. The molecule has 2 aromatic carbocycles. The van der Waals surface area contributed by atoms with E-state index in [1.54, 1.807) is 6.07 Å². The molecule has 3 atom stereocenters. The Morgan fingerprint density at radius 3 is 2.17 bits per heavy atom. The molecular formula is C25H32F2N2. The van der Waals surface area contributed by atoms with Gasteiger partial charge in [-0.25, -0.2) is 8.78 Å². The predicted octanol–water partition coefficient (Wildman–Crippen LogP) is 6.22. The van der Waals surface area contributed by atoms with Crippen molar-refractivity contribution in [3.63, 3.8) is 0 Å². The van der Waals surface area contributed by atoms with Gasteiger partial charge in [-0.05, 0) is 56.3 Å². The zero-order chi connectivity index (χ0) is 21.2. The lowest BCUT2D eigenvalue weighted by atomic mass is 9.76. The third-order valence-electron chi connectivity index (χ3n) is 5.49. The molecular weight excluding hydrogens is 366 g/mol. The Hall–Kier alpha value is -2.25. The zero-order valence-corrected chi connectivity index (χ0v) is 17.7. The van der Waals surface area contributed by atoms with E-state index in [0.29, 0.717) is 12.5 Å². The Balaban J connectivity index is 0.000000941. The first-order chi connectivity index (χ1) is 14.0. The average Bonchev–Trinajstić information content (AvgIpc) is 2.73. The Morgan fingerprint density at radius 1 is 1.03 bits per heavy atom. The van der Waals surface area contributed by atoms with Crippen LogP contribution in [0.1, 0.15) is 56.2 Å². The van der Waals surface area contributed by atoms with Gasteiger partial charge in [0.05, 0.1) is 6.07 Å². The topological polar surface area (TPSA) is 27.0 Å². The minimum absolute atomic E-state index is 0.249. The van der Waals surface area contributed by atoms with Crippen LogP contribution in [0.15, 0.2) is 54.6 Å². The van der Waals surface area contributed by atoms with Gasteiger partial charge in [0, 0.05) is 25.4 Å². The first-order valence-electron chi connectivity index (χ1n) is 10.4. The Bertz CT molecular complexity index is 753. The fraction of sp³-hybridized carbons (Fsp3) is 0.480. The third kappa shape index (κ3) is 6.94. The first kappa shape index (κ1) is 23.0. The summed E-state index contributed by atoms with van der Waals surface area (Å²) in [6.45, 7) is 7.93. The van der Waals surface area contributed by atoms with Gasteiger partial charge in [-0.3, -0.25) is 4.90 Å². The van der Waals surface area contributed by atoms with Crippen LogP contribution >= 0.6 is 0 Å². The molecule has 3 rings (SSSR count). The number of nitrogens with zero attached hydrogens (tertiary/aromatic N) is 2. The maximum Gasteiger partial charge on any atom is 0.138 e. The fourth-order valence-electron chi connectivity index (χ4n) is 3.63. The number of hydrogen-bond donors (Lipinski definition) is 0. The highest BCUT2D eigenvalue weighted by molar-refractivity contribution is 5.29. The third-order valence-corrected chi connectivity index (χ3v) is 5.49. The summed E-state index contributed by atoms with van der Waals surface area (Å²) >= 11 is 0. The summed E-state index contributed by atoms with van der Waals surface area (Å²) < 4.78 is 26.5. The van der Waals surface area contributed by atoms with Crippen molar-refractivity contribution in [2.24, 2.45) is 0 Å². The molecule has 3 unspecified atom stereocenters. The minimum Gasteiger partial charge on any atom is -0.297 e. The summed E-state index contributed by atoms with van der Waals surface area (Å²) in [5.74, 6) is -0.249. The second kappa shape index (κ2) is 11.7. The van der Waals surface area contributed by atoms with E-state index in [0.717, 1.165) is 31.5 Å². The second-order valence-corrected chi connectivity index (χ2v) is 7.92. The summed E-state index contributed by atoms with van der Waals surface area (Å²) in [6, 6.07) is 20.9. The van der Waals surface area contributed by atoms with Gasteiger partial charge in [-0.1, -0.05) is 54.6 Å². The monoisotopic (exact) mass is 398 g/mol. The highest BCUT2D eigenvalue weighted by atomic mass is 19.2. The fourth-order valence-corrected chi connectivity index (χ4v) is 3.63. The smallest absolute Gasteiger partial charge is 0.138 e. The van der Waals surface area contributed by atoms with E-state index in [1.807, 2.05) is 12.1 Å². The molecule has 0 spiro atoms. The molecule has 0 radical (unpaired) electrons. The maximum absolute atomic E-state index is 13.5. The second-order valence-electron chi connectivity index (χ2n) is 7.92. The molecule has 0 N–H and O–H groups in total.